The zero-order valence-corrected chi connectivity index (χ0v) is 16.8. The number of hydrogen-bond donors (Lipinski definition) is 0. The fourth-order valence-electron chi connectivity index (χ4n) is 5.06. The van der Waals surface area contributed by atoms with Crippen molar-refractivity contribution in [2.24, 2.45) is 5.41 Å². The van der Waals surface area contributed by atoms with Gasteiger partial charge in [-0.3, -0.25) is 9.69 Å². The van der Waals surface area contributed by atoms with Gasteiger partial charge in [0.1, 0.15) is 0 Å². The van der Waals surface area contributed by atoms with Crippen LogP contribution < -0.4 is 4.90 Å². The molecule has 4 heterocycles. The van der Waals surface area contributed by atoms with Gasteiger partial charge < -0.3 is 14.5 Å². The number of urea groups is 1. The summed E-state index contributed by atoms with van der Waals surface area (Å²) in [7, 11) is 1.42. The average Bonchev–Trinajstić information content (AvgIpc) is 3.08. The van der Waals surface area contributed by atoms with E-state index in [4.69, 9.17) is 4.74 Å². The molecule has 4 saturated heterocycles. The monoisotopic (exact) mass is 385 g/mol. The number of rotatable bonds is 7. The molecule has 0 aromatic heterocycles. The number of esters is 1. The van der Waals surface area contributed by atoms with Crippen LogP contribution in [0.15, 0.2) is 30.3 Å². The van der Waals surface area contributed by atoms with Crippen molar-refractivity contribution in [2.45, 2.75) is 44.6 Å². The van der Waals surface area contributed by atoms with E-state index in [9.17, 15) is 9.59 Å². The number of benzene rings is 1. The summed E-state index contributed by atoms with van der Waals surface area (Å²) >= 11 is 0. The number of ether oxygens (including phenoxy) is 1. The van der Waals surface area contributed by atoms with E-state index in [1.54, 1.807) is 0 Å². The van der Waals surface area contributed by atoms with E-state index in [-0.39, 0.29) is 18.0 Å². The Morgan fingerprint density at radius 3 is 2.46 bits per heavy atom. The number of hydrogen-bond acceptors (Lipinski definition) is 4. The van der Waals surface area contributed by atoms with Gasteiger partial charge >= 0.3 is 12.0 Å². The Morgan fingerprint density at radius 1 is 1.14 bits per heavy atom. The standard InChI is InChI=1S/C22H31N3O3/c1-28-20(26)8-7-19-17-25(18-5-3-2-4-6-18)21(27)24(19)16-12-22-9-13-23(14-10-22)15-11-22/h2-6,19H,7-17H2,1H3. The third-order valence-electron chi connectivity index (χ3n) is 7.05. The van der Waals surface area contributed by atoms with Crippen molar-refractivity contribution in [3.8, 4) is 0 Å². The van der Waals surface area contributed by atoms with Crippen LogP contribution in [0.25, 0.3) is 0 Å². The molecular formula is C22H31N3O3. The van der Waals surface area contributed by atoms with Crippen LogP contribution in [0.2, 0.25) is 0 Å². The van der Waals surface area contributed by atoms with Crippen molar-refractivity contribution in [1.82, 2.24) is 9.80 Å². The summed E-state index contributed by atoms with van der Waals surface area (Å²) in [4.78, 5) is 31.3. The smallest absolute Gasteiger partial charge is 0.324 e. The minimum atomic E-state index is -0.205. The third kappa shape index (κ3) is 3.88. The number of nitrogens with zero attached hydrogens (tertiary/aromatic N) is 3. The van der Waals surface area contributed by atoms with Crippen molar-refractivity contribution in [3.05, 3.63) is 30.3 Å². The minimum Gasteiger partial charge on any atom is -0.469 e. The lowest BCUT2D eigenvalue weighted by molar-refractivity contribution is -0.140. The summed E-state index contributed by atoms with van der Waals surface area (Å²) in [5, 5.41) is 0. The summed E-state index contributed by atoms with van der Waals surface area (Å²) in [6.45, 7) is 5.04. The summed E-state index contributed by atoms with van der Waals surface area (Å²) in [5.74, 6) is -0.205. The molecule has 1 aromatic rings. The molecule has 4 fully saturated rings. The topological polar surface area (TPSA) is 53.1 Å². The molecular weight excluding hydrogens is 354 g/mol. The van der Waals surface area contributed by atoms with Gasteiger partial charge in [0.15, 0.2) is 0 Å². The molecule has 0 N–H and O–H groups in total. The number of methoxy groups -OCH3 is 1. The Morgan fingerprint density at radius 2 is 1.82 bits per heavy atom. The molecule has 0 saturated carbocycles. The molecule has 1 unspecified atom stereocenters. The van der Waals surface area contributed by atoms with E-state index in [2.05, 4.69) is 4.90 Å². The Bertz CT molecular complexity index is 686. The molecule has 6 heteroatoms. The van der Waals surface area contributed by atoms with Gasteiger partial charge in [-0.1, -0.05) is 18.2 Å². The summed E-state index contributed by atoms with van der Waals surface area (Å²) < 4.78 is 4.82. The van der Waals surface area contributed by atoms with Crippen LogP contribution in [0.4, 0.5) is 10.5 Å². The van der Waals surface area contributed by atoms with E-state index in [0.29, 0.717) is 24.8 Å². The molecule has 2 bridgehead atoms. The third-order valence-corrected chi connectivity index (χ3v) is 7.05. The molecule has 1 atom stereocenters. The van der Waals surface area contributed by atoms with Gasteiger partial charge in [-0.15, -0.1) is 0 Å². The number of amides is 2. The molecule has 2 amide bonds. The number of para-hydroxylation sites is 1. The van der Waals surface area contributed by atoms with Gasteiger partial charge in [-0.2, -0.15) is 0 Å². The van der Waals surface area contributed by atoms with Crippen LogP contribution >= 0.6 is 0 Å². The predicted molar refractivity (Wildman–Crippen MR) is 108 cm³/mol. The first-order valence-corrected chi connectivity index (χ1v) is 10.5. The van der Waals surface area contributed by atoms with Gasteiger partial charge in [-0.05, 0) is 69.3 Å². The molecule has 4 aliphatic heterocycles. The first-order chi connectivity index (χ1) is 13.6. The van der Waals surface area contributed by atoms with E-state index < -0.39 is 0 Å². The van der Waals surface area contributed by atoms with Crippen molar-refractivity contribution in [2.75, 3.05) is 44.7 Å². The Kier molecular flexibility index (Phi) is 5.58. The molecule has 28 heavy (non-hydrogen) atoms. The van der Waals surface area contributed by atoms with Gasteiger partial charge in [0.25, 0.3) is 0 Å². The first-order valence-electron chi connectivity index (χ1n) is 10.5. The Labute approximate surface area is 167 Å². The van der Waals surface area contributed by atoms with Crippen molar-refractivity contribution < 1.29 is 14.3 Å². The zero-order valence-electron chi connectivity index (χ0n) is 16.8. The number of carbonyl (C=O) groups is 2. The number of anilines is 1. The van der Waals surface area contributed by atoms with Crippen LogP contribution in [-0.2, 0) is 9.53 Å². The van der Waals surface area contributed by atoms with E-state index in [0.717, 1.165) is 18.7 Å². The van der Waals surface area contributed by atoms with Crippen molar-refractivity contribution in [3.63, 3.8) is 0 Å². The highest BCUT2D eigenvalue weighted by atomic mass is 16.5. The number of carbonyl (C=O) groups excluding carboxylic acids is 2. The second-order valence-electron chi connectivity index (χ2n) is 8.53. The van der Waals surface area contributed by atoms with Gasteiger partial charge in [0.2, 0.25) is 0 Å². The fourth-order valence-corrected chi connectivity index (χ4v) is 5.06. The average molecular weight is 386 g/mol. The zero-order chi connectivity index (χ0) is 19.6. The second kappa shape index (κ2) is 8.11. The largest absolute Gasteiger partial charge is 0.469 e. The maximum Gasteiger partial charge on any atom is 0.324 e. The molecule has 0 aliphatic carbocycles. The van der Waals surface area contributed by atoms with Crippen LogP contribution in [0.1, 0.15) is 38.5 Å². The van der Waals surface area contributed by atoms with Gasteiger partial charge in [-0.25, -0.2) is 4.79 Å². The first kappa shape index (κ1) is 19.2. The molecule has 0 radical (unpaired) electrons. The van der Waals surface area contributed by atoms with Crippen LogP contribution in [0, 0.1) is 5.41 Å². The molecule has 0 spiro atoms. The quantitative estimate of drug-likeness (QED) is 0.677. The molecule has 5 rings (SSSR count). The summed E-state index contributed by atoms with van der Waals surface area (Å²) in [5.41, 5.74) is 1.34. The molecule has 152 valence electrons. The fraction of sp³-hybridized carbons (Fsp3) is 0.636. The lowest BCUT2D eigenvalue weighted by Gasteiger charge is -2.49. The normalized spacial score (nSPS) is 29.4. The maximum absolute atomic E-state index is 13.2. The van der Waals surface area contributed by atoms with Crippen LogP contribution in [0.3, 0.4) is 0 Å². The lowest BCUT2D eigenvalue weighted by Crippen LogP contribution is -2.49. The van der Waals surface area contributed by atoms with E-state index in [1.165, 1.54) is 46.0 Å². The highest BCUT2D eigenvalue weighted by Gasteiger charge is 2.42. The number of piperidine rings is 3. The van der Waals surface area contributed by atoms with E-state index >= 15 is 0 Å². The molecule has 4 aliphatic rings. The van der Waals surface area contributed by atoms with Crippen LogP contribution in [0.5, 0.6) is 0 Å². The van der Waals surface area contributed by atoms with Gasteiger partial charge in [0, 0.05) is 25.2 Å². The summed E-state index contributed by atoms with van der Waals surface area (Å²) in [6.07, 6.45) is 5.85. The Hall–Kier alpha value is -2.08. The minimum absolute atomic E-state index is 0.0619. The highest BCUT2D eigenvalue weighted by Crippen LogP contribution is 2.43. The van der Waals surface area contributed by atoms with Crippen molar-refractivity contribution in [1.29, 1.82) is 0 Å². The number of fused-ring (bicyclic) bond motifs is 3. The molecule has 6 nitrogen and oxygen atoms in total. The predicted octanol–water partition coefficient (Wildman–Crippen LogP) is 3.13. The Balaban J connectivity index is 1.46. The molecule has 1 aromatic carbocycles. The highest BCUT2D eigenvalue weighted by molar-refractivity contribution is 5.94. The van der Waals surface area contributed by atoms with Crippen LogP contribution in [-0.4, -0.2) is 67.7 Å². The second-order valence-corrected chi connectivity index (χ2v) is 8.53. The van der Waals surface area contributed by atoms with E-state index in [1.807, 2.05) is 40.1 Å². The van der Waals surface area contributed by atoms with Gasteiger partial charge in [0.05, 0.1) is 13.2 Å². The SMILES string of the molecule is COC(=O)CCC1CN(c2ccccc2)C(=O)N1CCC12CCN(CC1)CC2. The van der Waals surface area contributed by atoms with Crippen molar-refractivity contribution >= 4 is 17.7 Å². The lowest BCUT2D eigenvalue weighted by atomic mass is 9.70. The summed E-state index contributed by atoms with van der Waals surface area (Å²) in [6, 6.07) is 9.98. The maximum atomic E-state index is 13.2.